The number of anilines is 2. The van der Waals surface area contributed by atoms with E-state index in [4.69, 9.17) is 5.73 Å². The minimum absolute atomic E-state index is 0.234. The summed E-state index contributed by atoms with van der Waals surface area (Å²) in [5, 5.41) is 3.16. The van der Waals surface area contributed by atoms with Crippen molar-refractivity contribution in [1.29, 1.82) is 0 Å². The van der Waals surface area contributed by atoms with Gasteiger partial charge >= 0.3 is 0 Å². The van der Waals surface area contributed by atoms with Crippen LogP contribution in [0.25, 0.3) is 0 Å². The predicted octanol–water partition coefficient (Wildman–Crippen LogP) is 3.59. The SMILES string of the molecule is Cc1ccc(N)cc1NC(=O)C1C2CC3CC(C2)CC1C3. The van der Waals surface area contributed by atoms with Crippen LogP contribution in [0.1, 0.15) is 37.7 Å². The van der Waals surface area contributed by atoms with Crippen LogP contribution in [0.5, 0.6) is 0 Å². The van der Waals surface area contributed by atoms with Crippen molar-refractivity contribution < 1.29 is 4.79 Å². The fourth-order valence-electron chi connectivity index (χ4n) is 5.34. The lowest BCUT2D eigenvalue weighted by Crippen LogP contribution is -2.49. The molecule has 21 heavy (non-hydrogen) atoms. The van der Waals surface area contributed by atoms with Crippen LogP contribution >= 0.6 is 0 Å². The Bertz CT molecular complexity index is 553. The van der Waals surface area contributed by atoms with Crippen LogP contribution in [-0.4, -0.2) is 5.91 Å². The molecule has 0 aromatic heterocycles. The monoisotopic (exact) mass is 284 g/mol. The summed E-state index contributed by atoms with van der Waals surface area (Å²) in [4.78, 5) is 12.8. The number of nitrogens with one attached hydrogen (secondary N) is 1. The Kier molecular flexibility index (Phi) is 2.98. The van der Waals surface area contributed by atoms with Crippen molar-refractivity contribution in [2.45, 2.75) is 39.0 Å². The standard InChI is InChI=1S/C18H24N2O/c1-10-2-3-15(19)9-16(10)20-18(21)17-13-5-11-4-12(7-13)8-14(17)6-11/h2-3,9,11-14,17H,4-8,19H2,1H3,(H,20,21). The molecule has 1 amide bonds. The molecule has 3 N–H and O–H groups in total. The highest BCUT2D eigenvalue weighted by atomic mass is 16.1. The number of amides is 1. The van der Waals surface area contributed by atoms with Gasteiger partial charge in [0, 0.05) is 17.3 Å². The Balaban J connectivity index is 1.54. The zero-order chi connectivity index (χ0) is 14.6. The number of hydrogen-bond donors (Lipinski definition) is 2. The molecular weight excluding hydrogens is 260 g/mol. The molecule has 0 radical (unpaired) electrons. The van der Waals surface area contributed by atoms with Crippen LogP contribution < -0.4 is 11.1 Å². The summed E-state index contributed by atoms with van der Waals surface area (Å²) < 4.78 is 0. The largest absolute Gasteiger partial charge is 0.399 e. The molecule has 1 aromatic rings. The minimum Gasteiger partial charge on any atom is -0.399 e. The maximum atomic E-state index is 12.8. The Hall–Kier alpha value is -1.51. The summed E-state index contributed by atoms with van der Waals surface area (Å²) in [7, 11) is 0. The van der Waals surface area contributed by atoms with E-state index in [1.54, 1.807) is 0 Å². The topological polar surface area (TPSA) is 55.1 Å². The third-order valence-electron chi connectivity index (χ3n) is 6.05. The second-order valence-electron chi connectivity index (χ2n) is 7.52. The highest BCUT2D eigenvalue weighted by molar-refractivity contribution is 5.94. The summed E-state index contributed by atoms with van der Waals surface area (Å²) in [6.45, 7) is 2.02. The van der Waals surface area contributed by atoms with Gasteiger partial charge in [-0.05, 0) is 80.4 Å². The van der Waals surface area contributed by atoms with E-state index in [0.29, 0.717) is 17.5 Å². The first-order chi connectivity index (χ1) is 10.1. The molecule has 5 rings (SSSR count). The number of hydrogen-bond acceptors (Lipinski definition) is 2. The first-order valence-electron chi connectivity index (χ1n) is 8.27. The Morgan fingerprint density at radius 1 is 1.10 bits per heavy atom. The van der Waals surface area contributed by atoms with Crippen molar-refractivity contribution in [3.8, 4) is 0 Å². The summed E-state index contributed by atoms with van der Waals surface area (Å²) in [5.41, 5.74) is 8.52. The van der Waals surface area contributed by atoms with Gasteiger partial charge in [0.2, 0.25) is 5.91 Å². The van der Waals surface area contributed by atoms with Crippen molar-refractivity contribution in [1.82, 2.24) is 0 Å². The third kappa shape index (κ3) is 2.23. The molecule has 0 unspecified atom stereocenters. The number of carbonyl (C=O) groups excluding carboxylic acids is 1. The van der Waals surface area contributed by atoms with Gasteiger partial charge in [-0.1, -0.05) is 6.07 Å². The van der Waals surface area contributed by atoms with E-state index in [0.717, 1.165) is 23.1 Å². The third-order valence-corrected chi connectivity index (χ3v) is 6.05. The number of carbonyl (C=O) groups is 1. The molecule has 0 heterocycles. The Morgan fingerprint density at radius 3 is 2.33 bits per heavy atom. The molecule has 4 aliphatic rings. The number of nitrogen functional groups attached to an aromatic ring is 1. The van der Waals surface area contributed by atoms with Gasteiger partial charge in [0.1, 0.15) is 0 Å². The molecule has 0 saturated heterocycles. The van der Waals surface area contributed by atoms with Crippen LogP contribution in [0, 0.1) is 36.5 Å². The van der Waals surface area contributed by atoms with Crippen molar-refractivity contribution >= 4 is 17.3 Å². The van der Waals surface area contributed by atoms with Gasteiger partial charge in [-0.15, -0.1) is 0 Å². The Morgan fingerprint density at radius 2 is 1.71 bits per heavy atom. The quantitative estimate of drug-likeness (QED) is 0.815. The Labute approximate surface area is 126 Å². The van der Waals surface area contributed by atoms with Crippen LogP contribution in [0.2, 0.25) is 0 Å². The number of nitrogens with two attached hydrogens (primary N) is 1. The molecule has 4 bridgehead atoms. The van der Waals surface area contributed by atoms with Gasteiger partial charge < -0.3 is 11.1 Å². The maximum Gasteiger partial charge on any atom is 0.228 e. The highest BCUT2D eigenvalue weighted by Gasteiger charge is 2.50. The average Bonchev–Trinajstić information content (AvgIpc) is 2.41. The summed E-state index contributed by atoms with van der Waals surface area (Å²) in [5.74, 6) is 3.54. The fraction of sp³-hybridized carbons (Fsp3) is 0.611. The van der Waals surface area contributed by atoms with Gasteiger partial charge in [0.15, 0.2) is 0 Å². The number of aryl methyl sites for hydroxylation is 1. The molecule has 4 saturated carbocycles. The molecule has 0 spiro atoms. The summed E-state index contributed by atoms with van der Waals surface area (Å²) >= 11 is 0. The van der Waals surface area contributed by atoms with Crippen LogP contribution in [0.4, 0.5) is 11.4 Å². The normalized spacial score (nSPS) is 36.7. The van der Waals surface area contributed by atoms with Gasteiger partial charge in [-0.2, -0.15) is 0 Å². The number of rotatable bonds is 2. The predicted molar refractivity (Wildman–Crippen MR) is 84.8 cm³/mol. The van der Waals surface area contributed by atoms with E-state index < -0.39 is 0 Å². The van der Waals surface area contributed by atoms with Crippen molar-refractivity contribution in [3.63, 3.8) is 0 Å². The fourth-order valence-corrected chi connectivity index (χ4v) is 5.34. The lowest BCUT2D eigenvalue weighted by Gasteiger charge is -2.53. The molecule has 3 nitrogen and oxygen atoms in total. The second-order valence-corrected chi connectivity index (χ2v) is 7.52. The van der Waals surface area contributed by atoms with Gasteiger partial charge in [-0.25, -0.2) is 0 Å². The molecule has 112 valence electrons. The molecule has 0 atom stereocenters. The van der Waals surface area contributed by atoms with Crippen molar-refractivity contribution in [3.05, 3.63) is 23.8 Å². The molecule has 0 aliphatic heterocycles. The van der Waals surface area contributed by atoms with Gasteiger partial charge in [0.25, 0.3) is 0 Å². The van der Waals surface area contributed by atoms with Crippen molar-refractivity contribution in [2.75, 3.05) is 11.1 Å². The zero-order valence-corrected chi connectivity index (χ0v) is 12.6. The van der Waals surface area contributed by atoms with Crippen LogP contribution in [0.15, 0.2) is 18.2 Å². The summed E-state index contributed by atoms with van der Waals surface area (Å²) in [6.07, 6.45) is 6.54. The molecule has 4 fully saturated rings. The van der Waals surface area contributed by atoms with E-state index in [1.165, 1.54) is 32.1 Å². The average molecular weight is 284 g/mol. The molecular formula is C18H24N2O. The van der Waals surface area contributed by atoms with Crippen LogP contribution in [0.3, 0.4) is 0 Å². The molecule has 1 aromatic carbocycles. The maximum absolute atomic E-state index is 12.8. The lowest BCUT2D eigenvalue weighted by molar-refractivity contribution is -0.132. The first-order valence-corrected chi connectivity index (χ1v) is 8.27. The molecule has 4 aliphatic carbocycles. The lowest BCUT2D eigenvalue weighted by atomic mass is 9.51. The van der Waals surface area contributed by atoms with E-state index in [1.807, 2.05) is 25.1 Å². The smallest absolute Gasteiger partial charge is 0.228 e. The number of benzene rings is 1. The first kappa shape index (κ1) is 13.2. The van der Waals surface area contributed by atoms with Gasteiger partial charge in [0.05, 0.1) is 0 Å². The van der Waals surface area contributed by atoms with Crippen LogP contribution in [-0.2, 0) is 4.79 Å². The van der Waals surface area contributed by atoms with Crippen molar-refractivity contribution in [2.24, 2.45) is 29.6 Å². The molecule has 3 heteroatoms. The summed E-state index contributed by atoms with van der Waals surface area (Å²) in [6, 6.07) is 5.74. The van der Waals surface area contributed by atoms with E-state index in [2.05, 4.69) is 5.32 Å². The van der Waals surface area contributed by atoms with E-state index in [9.17, 15) is 4.79 Å². The van der Waals surface area contributed by atoms with E-state index in [-0.39, 0.29) is 11.8 Å². The second kappa shape index (κ2) is 4.75. The van der Waals surface area contributed by atoms with Gasteiger partial charge in [-0.3, -0.25) is 4.79 Å². The minimum atomic E-state index is 0.234. The highest BCUT2D eigenvalue weighted by Crippen LogP contribution is 2.56. The van der Waals surface area contributed by atoms with E-state index >= 15 is 0 Å². The zero-order valence-electron chi connectivity index (χ0n) is 12.6.